The van der Waals surface area contributed by atoms with Crippen LogP contribution in [-0.4, -0.2) is 0 Å². The molecule has 3 aromatic rings. The van der Waals surface area contributed by atoms with Crippen molar-refractivity contribution in [3.05, 3.63) is 107 Å². The number of benzene rings is 3. The van der Waals surface area contributed by atoms with Crippen molar-refractivity contribution in [3.8, 4) is 0 Å². The average molecular weight is 306 g/mol. The number of hydrogen-bond donors (Lipinski definition) is 0. The normalized spacial score (nSPS) is 11.5. The fraction of sp³-hybridized carbons (Fsp3) is 0.0476. The molecule has 0 aliphatic carbocycles. The van der Waals surface area contributed by atoms with E-state index in [-0.39, 0.29) is 11.6 Å². The summed E-state index contributed by atoms with van der Waals surface area (Å²) in [6.45, 7) is 2.04. The summed E-state index contributed by atoms with van der Waals surface area (Å²) < 4.78 is 26.4. The van der Waals surface area contributed by atoms with Crippen LogP contribution in [0.1, 0.15) is 22.3 Å². The van der Waals surface area contributed by atoms with E-state index in [1.807, 2.05) is 37.3 Å². The molecule has 0 nitrogen and oxygen atoms in total. The van der Waals surface area contributed by atoms with E-state index in [1.54, 1.807) is 24.3 Å². The lowest BCUT2D eigenvalue weighted by molar-refractivity contribution is 0.627. The fourth-order valence-corrected chi connectivity index (χ4v) is 2.55. The standard InChI is InChI=1S/C21H16F2/c1-15-4-2-3-5-20(15)21(17-8-12-19(23)13-9-17)14-16-6-10-18(22)11-7-16/h2-14H,1H3/b21-14+. The first-order chi connectivity index (χ1) is 11.1. The van der Waals surface area contributed by atoms with Crippen LogP contribution in [0.4, 0.5) is 8.78 Å². The van der Waals surface area contributed by atoms with Crippen LogP contribution in [0.15, 0.2) is 72.8 Å². The second kappa shape index (κ2) is 6.57. The van der Waals surface area contributed by atoms with Gasteiger partial charge < -0.3 is 0 Å². The molecule has 3 rings (SSSR count). The maximum absolute atomic E-state index is 13.2. The quantitative estimate of drug-likeness (QED) is 0.531. The third-order valence-corrected chi connectivity index (χ3v) is 3.77. The van der Waals surface area contributed by atoms with Crippen molar-refractivity contribution in [3.63, 3.8) is 0 Å². The summed E-state index contributed by atoms with van der Waals surface area (Å²) in [5.41, 5.74) is 5.00. The van der Waals surface area contributed by atoms with Gasteiger partial charge in [-0.3, -0.25) is 0 Å². The molecule has 0 atom stereocenters. The molecule has 0 aromatic heterocycles. The van der Waals surface area contributed by atoms with E-state index < -0.39 is 0 Å². The summed E-state index contributed by atoms with van der Waals surface area (Å²) in [6.07, 6.45) is 2.00. The average Bonchev–Trinajstić information content (AvgIpc) is 2.56. The van der Waals surface area contributed by atoms with Gasteiger partial charge >= 0.3 is 0 Å². The molecule has 0 fully saturated rings. The Balaban J connectivity index is 2.15. The maximum atomic E-state index is 13.2. The van der Waals surface area contributed by atoms with Crippen molar-refractivity contribution in [1.29, 1.82) is 0 Å². The molecular formula is C21H16F2. The smallest absolute Gasteiger partial charge is 0.123 e. The zero-order valence-corrected chi connectivity index (χ0v) is 12.8. The Hall–Kier alpha value is -2.74. The van der Waals surface area contributed by atoms with E-state index in [2.05, 4.69) is 0 Å². The SMILES string of the molecule is Cc1ccccc1/C(=C/c1ccc(F)cc1)c1ccc(F)cc1. The van der Waals surface area contributed by atoms with Crippen molar-refractivity contribution >= 4 is 11.6 Å². The van der Waals surface area contributed by atoms with Crippen LogP contribution in [0.2, 0.25) is 0 Å². The second-order valence-electron chi connectivity index (χ2n) is 5.43. The molecule has 0 unspecified atom stereocenters. The molecule has 0 N–H and O–H groups in total. The molecule has 114 valence electrons. The van der Waals surface area contributed by atoms with Crippen molar-refractivity contribution in [2.24, 2.45) is 0 Å². The summed E-state index contributed by atoms with van der Waals surface area (Å²) in [7, 11) is 0. The summed E-state index contributed by atoms with van der Waals surface area (Å²) >= 11 is 0. The Morgan fingerprint density at radius 3 is 1.91 bits per heavy atom. The second-order valence-corrected chi connectivity index (χ2v) is 5.43. The minimum absolute atomic E-state index is 0.263. The maximum Gasteiger partial charge on any atom is 0.123 e. The number of halogens is 2. The Morgan fingerprint density at radius 1 is 0.739 bits per heavy atom. The molecule has 0 aliphatic heterocycles. The molecule has 0 saturated heterocycles. The van der Waals surface area contributed by atoms with Gasteiger partial charge in [0.25, 0.3) is 0 Å². The van der Waals surface area contributed by atoms with E-state index in [0.717, 1.165) is 27.8 Å². The molecule has 0 aliphatic rings. The van der Waals surface area contributed by atoms with E-state index in [1.165, 1.54) is 24.3 Å². The lowest BCUT2D eigenvalue weighted by Crippen LogP contribution is -1.92. The zero-order valence-electron chi connectivity index (χ0n) is 12.8. The Morgan fingerprint density at radius 2 is 1.30 bits per heavy atom. The van der Waals surface area contributed by atoms with Gasteiger partial charge in [0.05, 0.1) is 0 Å². The Kier molecular flexibility index (Phi) is 4.33. The summed E-state index contributed by atoms with van der Waals surface area (Å²) in [6, 6.07) is 20.8. The van der Waals surface area contributed by atoms with E-state index >= 15 is 0 Å². The van der Waals surface area contributed by atoms with Gasteiger partial charge in [-0.2, -0.15) is 0 Å². The highest BCUT2D eigenvalue weighted by Gasteiger charge is 2.08. The van der Waals surface area contributed by atoms with Crippen molar-refractivity contribution in [2.45, 2.75) is 6.92 Å². The van der Waals surface area contributed by atoms with Crippen molar-refractivity contribution in [2.75, 3.05) is 0 Å². The third-order valence-electron chi connectivity index (χ3n) is 3.77. The lowest BCUT2D eigenvalue weighted by atomic mass is 9.92. The zero-order chi connectivity index (χ0) is 16.2. The lowest BCUT2D eigenvalue weighted by Gasteiger charge is -2.12. The molecular weight excluding hydrogens is 290 g/mol. The summed E-state index contributed by atoms with van der Waals surface area (Å²) in [4.78, 5) is 0. The van der Waals surface area contributed by atoms with Crippen LogP contribution < -0.4 is 0 Å². The van der Waals surface area contributed by atoms with Gasteiger partial charge in [-0.25, -0.2) is 8.78 Å². The largest absolute Gasteiger partial charge is 0.207 e. The monoisotopic (exact) mass is 306 g/mol. The third kappa shape index (κ3) is 3.54. The first-order valence-corrected chi connectivity index (χ1v) is 7.43. The number of rotatable bonds is 3. The van der Waals surface area contributed by atoms with Crippen LogP contribution in [0, 0.1) is 18.6 Å². The van der Waals surface area contributed by atoms with E-state index in [9.17, 15) is 8.78 Å². The predicted octanol–water partition coefficient (Wildman–Crippen LogP) is 5.86. The number of aryl methyl sites for hydroxylation is 1. The predicted molar refractivity (Wildman–Crippen MR) is 91.0 cm³/mol. The van der Waals surface area contributed by atoms with Gasteiger partial charge in [0.1, 0.15) is 11.6 Å². The summed E-state index contributed by atoms with van der Waals surface area (Å²) in [5.74, 6) is -0.527. The molecule has 0 spiro atoms. The molecule has 0 saturated carbocycles. The Bertz CT molecular complexity index is 828. The molecule has 0 amide bonds. The molecule has 0 heterocycles. The van der Waals surface area contributed by atoms with E-state index in [0.29, 0.717) is 0 Å². The van der Waals surface area contributed by atoms with Gasteiger partial charge in [0.15, 0.2) is 0 Å². The molecule has 2 heteroatoms. The highest BCUT2D eigenvalue weighted by atomic mass is 19.1. The topological polar surface area (TPSA) is 0 Å². The molecule has 3 aromatic carbocycles. The van der Waals surface area contributed by atoms with Crippen molar-refractivity contribution < 1.29 is 8.78 Å². The van der Waals surface area contributed by atoms with Gasteiger partial charge in [-0.15, -0.1) is 0 Å². The Labute approximate surface area is 134 Å². The van der Waals surface area contributed by atoms with Crippen LogP contribution in [0.5, 0.6) is 0 Å². The van der Waals surface area contributed by atoms with Gasteiger partial charge in [0.2, 0.25) is 0 Å². The van der Waals surface area contributed by atoms with Crippen LogP contribution in [0.3, 0.4) is 0 Å². The first kappa shape index (κ1) is 15.2. The molecule has 0 radical (unpaired) electrons. The van der Waals surface area contributed by atoms with Gasteiger partial charge in [-0.05, 0) is 65.1 Å². The van der Waals surface area contributed by atoms with Gasteiger partial charge in [-0.1, -0.05) is 48.5 Å². The summed E-state index contributed by atoms with van der Waals surface area (Å²) in [5, 5.41) is 0. The van der Waals surface area contributed by atoms with Crippen molar-refractivity contribution in [1.82, 2.24) is 0 Å². The molecule has 0 bridgehead atoms. The van der Waals surface area contributed by atoms with Crippen LogP contribution in [-0.2, 0) is 0 Å². The first-order valence-electron chi connectivity index (χ1n) is 7.43. The highest BCUT2D eigenvalue weighted by Crippen LogP contribution is 2.28. The van der Waals surface area contributed by atoms with Crippen LogP contribution >= 0.6 is 0 Å². The minimum atomic E-state index is -0.264. The van der Waals surface area contributed by atoms with E-state index in [4.69, 9.17) is 0 Å². The fourth-order valence-electron chi connectivity index (χ4n) is 2.55. The van der Waals surface area contributed by atoms with Gasteiger partial charge in [0, 0.05) is 0 Å². The van der Waals surface area contributed by atoms with Crippen LogP contribution in [0.25, 0.3) is 11.6 Å². The highest BCUT2D eigenvalue weighted by molar-refractivity contribution is 5.92. The minimum Gasteiger partial charge on any atom is -0.207 e. The number of hydrogen-bond acceptors (Lipinski definition) is 0. The molecule has 23 heavy (non-hydrogen) atoms.